The molecule has 0 spiro atoms. The maximum absolute atomic E-state index is 13.3. The van der Waals surface area contributed by atoms with Crippen LogP contribution in [0.3, 0.4) is 0 Å². The van der Waals surface area contributed by atoms with Gasteiger partial charge in [-0.1, -0.05) is 18.2 Å². The molecule has 0 aliphatic rings. The highest BCUT2D eigenvalue weighted by molar-refractivity contribution is 6.68. The summed E-state index contributed by atoms with van der Waals surface area (Å²) in [6.45, 7) is 1.95. The van der Waals surface area contributed by atoms with Gasteiger partial charge in [0.15, 0.2) is 5.78 Å². The second-order valence-electron chi connectivity index (χ2n) is 5.60. The summed E-state index contributed by atoms with van der Waals surface area (Å²) < 4.78 is 13.3. The Bertz CT molecular complexity index is 887. The van der Waals surface area contributed by atoms with Gasteiger partial charge in [0.2, 0.25) is 0 Å². The van der Waals surface area contributed by atoms with E-state index in [4.69, 9.17) is 10.8 Å². The van der Waals surface area contributed by atoms with Gasteiger partial charge in [-0.3, -0.25) is 20.2 Å². The van der Waals surface area contributed by atoms with Gasteiger partial charge in [-0.2, -0.15) is 0 Å². The van der Waals surface area contributed by atoms with Gasteiger partial charge in [-0.05, 0) is 42.8 Å². The van der Waals surface area contributed by atoms with Crippen molar-refractivity contribution < 1.29 is 9.18 Å². The number of hydrogen-bond donors (Lipinski definition) is 2. The van der Waals surface area contributed by atoms with Gasteiger partial charge in [-0.25, -0.2) is 4.39 Å². The SMILES string of the molecule is Cc1cccc(N=CCC(=O)C(=N)C(CC=N)=Nc2cccc(F)c2)c1. The summed E-state index contributed by atoms with van der Waals surface area (Å²) in [6.07, 6.45) is 2.49. The fraction of sp³-hybridized carbons (Fsp3) is 0.150. The second-order valence-corrected chi connectivity index (χ2v) is 5.60. The first-order valence-corrected chi connectivity index (χ1v) is 8.03. The van der Waals surface area contributed by atoms with Crippen LogP contribution in [0.1, 0.15) is 18.4 Å². The largest absolute Gasteiger partial charge is 0.313 e. The zero-order valence-corrected chi connectivity index (χ0v) is 14.4. The number of nitrogens with zero attached hydrogens (tertiary/aromatic N) is 2. The molecule has 0 aromatic heterocycles. The molecule has 0 bridgehead atoms. The topological polar surface area (TPSA) is 89.5 Å². The van der Waals surface area contributed by atoms with Crippen molar-refractivity contribution >= 4 is 41.0 Å². The zero-order valence-electron chi connectivity index (χ0n) is 14.4. The molecule has 2 aromatic carbocycles. The summed E-state index contributed by atoms with van der Waals surface area (Å²) in [4.78, 5) is 20.6. The van der Waals surface area contributed by atoms with Crippen LogP contribution in [0.15, 0.2) is 58.5 Å². The molecule has 0 amide bonds. The summed E-state index contributed by atoms with van der Waals surface area (Å²) >= 11 is 0. The van der Waals surface area contributed by atoms with Crippen LogP contribution in [0.25, 0.3) is 0 Å². The number of Topliss-reactive ketones (excluding diaryl/α,β-unsaturated/α-hetero) is 1. The van der Waals surface area contributed by atoms with Crippen LogP contribution in [-0.4, -0.2) is 29.6 Å². The quantitative estimate of drug-likeness (QED) is 0.668. The van der Waals surface area contributed by atoms with Crippen molar-refractivity contribution in [2.45, 2.75) is 19.8 Å². The molecular formula is C20H19FN4O. The summed E-state index contributed by atoms with van der Waals surface area (Å²) in [5, 5.41) is 15.3. The normalized spacial score (nSPS) is 11.5. The fourth-order valence-electron chi connectivity index (χ4n) is 2.21. The molecule has 132 valence electrons. The number of aryl methyl sites for hydroxylation is 1. The van der Waals surface area contributed by atoms with Crippen molar-refractivity contribution in [3.05, 3.63) is 59.9 Å². The smallest absolute Gasteiger partial charge is 0.187 e. The van der Waals surface area contributed by atoms with Crippen LogP contribution in [0.4, 0.5) is 15.8 Å². The molecule has 0 unspecified atom stereocenters. The van der Waals surface area contributed by atoms with Crippen LogP contribution in [0.2, 0.25) is 0 Å². The standard InChI is InChI=1S/C20H19FN4O/c1-14-4-2-6-16(12-14)24-11-9-19(26)20(23)18(8-10-22)25-17-7-3-5-15(21)13-17/h2-7,10-13,22-23H,8-9H2,1H3. The van der Waals surface area contributed by atoms with Crippen LogP contribution in [-0.2, 0) is 4.79 Å². The minimum absolute atomic E-state index is 0.0239. The summed E-state index contributed by atoms with van der Waals surface area (Å²) in [7, 11) is 0. The maximum atomic E-state index is 13.3. The monoisotopic (exact) mass is 350 g/mol. The van der Waals surface area contributed by atoms with Crippen LogP contribution < -0.4 is 0 Å². The van der Waals surface area contributed by atoms with Crippen molar-refractivity contribution in [3.63, 3.8) is 0 Å². The van der Waals surface area contributed by atoms with Crippen molar-refractivity contribution in [2.75, 3.05) is 0 Å². The average Bonchev–Trinajstić information content (AvgIpc) is 2.61. The molecule has 0 aliphatic carbocycles. The number of ketones is 1. The Morgan fingerprint density at radius 3 is 2.54 bits per heavy atom. The molecule has 0 heterocycles. The van der Waals surface area contributed by atoms with Gasteiger partial charge < -0.3 is 5.41 Å². The Kier molecular flexibility index (Phi) is 6.79. The molecule has 0 saturated heterocycles. The van der Waals surface area contributed by atoms with E-state index in [0.717, 1.165) is 17.5 Å². The first kappa shape index (κ1) is 19.1. The first-order valence-electron chi connectivity index (χ1n) is 8.03. The highest BCUT2D eigenvalue weighted by Crippen LogP contribution is 2.15. The van der Waals surface area contributed by atoms with Gasteiger partial charge in [0, 0.05) is 25.3 Å². The van der Waals surface area contributed by atoms with E-state index in [2.05, 4.69) is 9.98 Å². The Morgan fingerprint density at radius 2 is 1.85 bits per heavy atom. The van der Waals surface area contributed by atoms with E-state index < -0.39 is 11.6 Å². The van der Waals surface area contributed by atoms with Gasteiger partial charge in [0.25, 0.3) is 0 Å². The lowest BCUT2D eigenvalue weighted by molar-refractivity contribution is -0.111. The predicted molar refractivity (Wildman–Crippen MR) is 104 cm³/mol. The van der Waals surface area contributed by atoms with Crippen molar-refractivity contribution in [1.82, 2.24) is 0 Å². The van der Waals surface area contributed by atoms with E-state index >= 15 is 0 Å². The van der Waals surface area contributed by atoms with Crippen molar-refractivity contribution in [3.8, 4) is 0 Å². The van der Waals surface area contributed by atoms with E-state index in [1.807, 2.05) is 31.2 Å². The summed E-state index contributed by atoms with van der Waals surface area (Å²) in [5.41, 5.74) is 1.92. The number of rotatable bonds is 8. The van der Waals surface area contributed by atoms with Crippen LogP contribution >= 0.6 is 0 Å². The molecule has 0 radical (unpaired) electrons. The molecule has 0 aliphatic heterocycles. The van der Waals surface area contributed by atoms with Gasteiger partial charge in [0.05, 0.1) is 17.1 Å². The maximum Gasteiger partial charge on any atom is 0.187 e. The molecule has 26 heavy (non-hydrogen) atoms. The predicted octanol–water partition coefficient (Wildman–Crippen LogP) is 4.63. The lowest BCUT2D eigenvalue weighted by atomic mass is 10.1. The third-order valence-corrected chi connectivity index (χ3v) is 3.45. The van der Waals surface area contributed by atoms with Crippen LogP contribution in [0.5, 0.6) is 0 Å². The third-order valence-electron chi connectivity index (χ3n) is 3.45. The van der Waals surface area contributed by atoms with Gasteiger partial charge >= 0.3 is 0 Å². The molecule has 2 N–H and O–H groups in total. The Hall–Kier alpha value is -3.28. The highest BCUT2D eigenvalue weighted by atomic mass is 19.1. The summed E-state index contributed by atoms with van der Waals surface area (Å²) in [5.74, 6) is -0.915. The average molecular weight is 350 g/mol. The first-order chi connectivity index (χ1) is 12.5. The third kappa shape index (κ3) is 5.66. The summed E-state index contributed by atoms with van der Waals surface area (Å²) in [6, 6.07) is 13.1. The molecule has 5 nitrogen and oxygen atoms in total. The highest BCUT2D eigenvalue weighted by Gasteiger charge is 2.15. The van der Waals surface area contributed by atoms with E-state index in [1.54, 1.807) is 6.07 Å². The molecule has 0 fully saturated rings. The van der Waals surface area contributed by atoms with Crippen molar-refractivity contribution in [1.29, 1.82) is 10.8 Å². The van der Waals surface area contributed by atoms with E-state index in [-0.39, 0.29) is 24.3 Å². The number of carbonyl (C=O) groups is 1. The second kappa shape index (κ2) is 9.27. The minimum Gasteiger partial charge on any atom is -0.313 e. The fourth-order valence-corrected chi connectivity index (χ4v) is 2.21. The molecule has 6 heteroatoms. The van der Waals surface area contributed by atoms with Crippen molar-refractivity contribution in [2.24, 2.45) is 9.98 Å². The lowest BCUT2D eigenvalue weighted by Crippen LogP contribution is -2.23. The molecular weight excluding hydrogens is 331 g/mol. The molecule has 2 aromatic rings. The van der Waals surface area contributed by atoms with E-state index in [0.29, 0.717) is 5.69 Å². The van der Waals surface area contributed by atoms with Gasteiger partial charge in [-0.15, -0.1) is 0 Å². The number of halogens is 1. The molecule has 0 saturated carbocycles. The van der Waals surface area contributed by atoms with Crippen LogP contribution in [0, 0.1) is 23.6 Å². The number of benzene rings is 2. The number of nitrogens with one attached hydrogen (secondary N) is 2. The van der Waals surface area contributed by atoms with E-state index in [1.165, 1.54) is 24.4 Å². The molecule has 0 atom stereocenters. The van der Waals surface area contributed by atoms with E-state index in [9.17, 15) is 9.18 Å². The minimum atomic E-state index is -0.460. The Labute approximate surface area is 151 Å². The number of hydrogen-bond acceptors (Lipinski definition) is 5. The zero-order chi connectivity index (χ0) is 18.9. The van der Waals surface area contributed by atoms with Gasteiger partial charge in [0.1, 0.15) is 11.5 Å². The Morgan fingerprint density at radius 1 is 1.12 bits per heavy atom. The Balaban J connectivity index is 2.10. The lowest BCUT2D eigenvalue weighted by Gasteiger charge is -2.04. The number of aliphatic imine (C=N–C) groups is 2. The molecule has 2 rings (SSSR count). The number of carbonyl (C=O) groups excluding carboxylic acids is 1.